The van der Waals surface area contributed by atoms with Crippen molar-refractivity contribution in [1.29, 1.82) is 0 Å². The molecule has 0 fully saturated rings. The van der Waals surface area contributed by atoms with E-state index in [1.807, 2.05) is 20.8 Å². The molecule has 0 aliphatic rings. The van der Waals surface area contributed by atoms with E-state index >= 15 is 0 Å². The van der Waals surface area contributed by atoms with E-state index in [0.717, 1.165) is 0 Å². The minimum atomic E-state index is -0.141. The minimum absolute atomic E-state index is 0.00924. The highest BCUT2D eigenvalue weighted by Crippen LogP contribution is 2.22. The van der Waals surface area contributed by atoms with Gasteiger partial charge in [0, 0.05) is 18.3 Å². The summed E-state index contributed by atoms with van der Waals surface area (Å²) in [5.74, 6) is 0.388. The smallest absolute Gasteiger partial charge is 0.255 e. The van der Waals surface area contributed by atoms with E-state index in [9.17, 15) is 4.79 Å². The Morgan fingerprint density at radius 3 is 2.75 bits per heavy atom. The Bertz CT molecular complexity index is 375. The van der Waals surface area contributed by atoms with Gasteiger partial charge in [0.2, 0.25) is 0 Å². The van der Waals surface area contributed by atoms with Gasteiger partial charge in [0.1, 0.15) is 5.75 Å². The number of hydrogen-bond donors (Lipinski definition) is 2. The Morgan fingerprint density at radius 1 is 1.50 bits per heavy atom. The van der Waals surface area contributed by atoms with Gasteiger partial charge in [-0.3, -0.25) is 4.79 Å². The molecule has 0 radical (unpaired) electrons. The van der Waals surface area contributed by atoms with E-state index in [0.29, 0.717) is 23.5 Å². The maximum Gasteiger partial charge on any atom is 0.255 e. The summed E-state index contributed by atoms with van der Waals surface area (Å²) in [6.07, 6.45) is 0.00924. The predicted octanol–water partition coefficient (Wildman–Crippen LogP) is 1.81. The number of carbonyl (C=O) groups is 1. The van der Waals surface area contributed by atoms with Crippen LogP contribution in [0.2, 0.25) is 0 Å². The molecule has 0 aliphatic heterocycles. The summed E-state index contributed by atoms with van der Waals surface area (Å²) >= 11 is 0. The van der Waals surface area contributed by atoms with E-state index in [1.54, 1.807) is 18.2 Å². The van der Waals surface area contributed by atoms with Crippen LogP contribution in [-0.4, -0.2) is 18.6 Å². The molecule has 0 spiro atoms. The number of nitrogens with two attached hydrogens (primary N) is 1. The van der Waals surface area contributed by atoms with Gasteiger partial charge in [0.25, 0.3) is 5.91 Å². The van der Waals surface area contributed by atoms with Crippen LogP contribution >= 0.6 is 0 Å². The molecule has 88 valence electrons. The zero-order valence-electron chi connectivity index (χ0n) is 9.91. The van der Waals surface area contributed by atoms with E-state index in [2.05, 4.69) is 5.32 Å². The first kappa shape index (κ1) is 12.4. The monoisotopic (exact) mass is 222 g/mol. The lowest BCUT2D eigenvalue weighted by Crippen LogP contribution is -2.24. The molecule has 1 rings (SSSR count). The maximum absolute atomic E-state index is 11.7. The Morgan fingerprint density at radius 2 is 2.19 bits per heavy atom. The van der Waals surface area contributed by atoms with Gasteiger partial charge < -0.3 is 15.8 Å². The van der Waals surface area contributed by atoms with Crippen LogP contribution < -0.4 is 15.8 Å². The van der Waals surface area contributed by atoms with Crippen molar-refractivity contribution in [3.05, 3.63) is 23.8 Å². The third kappa shape index (κ3) is 3.15. The van der Waals surface area contributed by atoms with Gasteiger partial charge in [-0.15, -0.1) is 0 Å². The summed E-state index contributed by atoms with van der Waals surface area (Å²) in [6.45, 7) is 6.28. The Labute approximate surface area is 95.8 Å². The Balaban J connectivity index is 3.02. The molecule has 0 aliphatic carbocycles. The second kappa shape index (κ2) is 5.39. The number of anilines is 1. The van der Waals surface area contributed by atoms with Crippen molar-refractivity contribution in [2.45, 2.75) is 26.9 Å². The fourth-order valence-corrected chi connectivity index (χ4v) is 1.33. The van der Waals surface area contributed by atoms with Crippen molar-refractivity contribution in [3.8, 4) is 5.75 Å². The molecule has 0 aromatic heterocycles. The fourth-order valence-electron chi connectivity index (χ4n) is 1.33. The molecule has 1 aromatic rings. The largest absolute Gasteiger partial charge is 0.490 e. The first-order chi connectivity index (χ1) is 7.54. The summed E-state index contributed by atoms with van der Waals surface area (Å²) in [4.78, 5) is 11.7. The lowest BCUT2D eigenvalue weighted by atomic mass is 10.1. The third-order valence-electron chi connectivity index (χ3n) is 1.95. The van der Waals surface area contributed by atoms with Gasteiger partial charge in [-0.2, -0.15) is 0 Å². The summed E-state index contributed by atoms with van der Waals surface area (Å²) in [5.41, 5.74) is 6.77. The number of ether oxygens (including phenoxy) is 1. The van der Waals surface area contributed by atoms with Crippen molar-refractivity contribution in [3.63, 3.8) is 0 Å². The van der Waals surface area contributed by atoms with Crippen LogP contribution in [0.25, 0.3) is 0 Å². The summed E-state index contributed by atoms with van der Waals surface area (Å²) in [6, 6.07) is 5.04. The molecule has 16 heavy (non-hydrogen) atoms. The van der Waals surface area contributed by atoms with Crippen molar-refractivity contribution in [2.24, 2.45) is 0 Å². The highest BCUT2D eigenvalue weighted by molar-refractivity contribution is 5.97. The van der Waals surface area contributed by atoms with Crippen LogP contribution in [-0.2, 0) is 0 Å². The lowest BCUT2D eigenvalue weighted by Gasteiger charge is -2.14. The average Bonchev–Trinajstić information content (AvgIpc) is 2.16. The third-order valence-corrected chi connectivity index (χ3v) is 1.95. The molecule has 3 N–H and O–H groups in total. The molecule has 0 atom stereocenters. The van der Waals surface area contributed by atoms with E-state index in [-0.39, 0.29) is 12.0 Å². The molecule has 0 saturated heterocycles. The van der Waals surface area contributed by atoms with E-state index < -0.39 is 0 Å². The van der Waals surface area contributed by atoms with Gasteiger partial charge >= 0.3 is 0 Å². The van der Waals surface area contributed by atoms with Crippen molar-refractivity contribution < 1.29 is 9.53 Å². The number of nitrogen functional groups attached to an aromatic ring is 1. The zero-order chi connectivity index (χ0) is 12.1. The van der Waals surface area contributed by atoms with Crippen molar-refractivity contribution in [2.75, 3.05) is 12.3 Å². The second-order valence-corrected chi connectivity index (χ2v) is 3.78. The molecular weight excluding hydrogens is 204 g/mol. The molecule has 4 heteroatoms. The molecular formula is C12H18N2O2. The molecule has 1 aromatic carbocycles. The van der Waals surface area contributed by atoms with Gasteiger partial charge in [-0.05, 0) is 32.9 Å². The van der Waals surface area contributed by atoms with Crippen LogP contribution in [0.4, 0.5) is 5.69 Å². The highest BCUT2D eigenvalue weighted by atomic mass is 16.5. The predicted molar refractivity (Wildman–Crippen MR) is 64.6 cm³/mol. The second-order valence-electron chi connectivity index (χ2n) is 3.78. The minimum Gasteiger partial charge on any atom is -0.490 e. The van der Waals surface area contributed by atoms with Gasteiger partial charge in [0.05, 0.1) is 11.7 Å². The zero-order valence-corrected chi connectivity index (χ0v) is 9.91. The highest BCUT2D eigenvalue weighted by Gasteiger charge is 2.12. The Kier molecular flexibility index (Phi) is 4.17. The molecule has 1 amide bonds. The van der Waals surface area contributed by atoms with Crippen LogP contribution in [0.5, 0.6) is 5.75 Å². The summed E-state index contributed by atoms with van der Waals surface area (Å²) in [7, 11) is 0. The number of benzene rings is 1. The number of rotatable bonds is 4. The summed E-state index contributed by atoms with van der Waals surface area (Å²) in [5, 5.41) is 2.74. The SMILES string of the molecule is CCNC(=O)c1ccc(N)cc1OC(C)C. The van der Waals surface area contributed by atoms with Gasteiger partial charge in [-0.1, -0.05) is 0 Å². The number of nitrogens with one attached hydrogen (secondary N) is 1. The molecule has 0 unspecified atom stereocenters. The van der Waals surface area contributed by atoms with Gasteiger partial charge in [-0.25, -0.2) is 0 Å². The molecule has 0 bridgehead atoms. The molecule has 4 nitrogen and oxygen atoms in total. The first-order valence-corrected chi connectivity index (χ1v) is 5.39. The lowest BCUT2D eigenvalue weighted by molar-refractivity contribution is 0.0950. The Hall–Kier alpha value is -1.71. The topological polar surface area (TPSA) is 64.4 Å². The summed E-state index contributed by atoms with van der Waals surface area (Å²) < 4.78 is 5.55. The van der Waals surface area contributed by atoms with E-state index in [4.69, 9.17) is 10.5 Å². The average molecular weight is 222 g/mol. The maximum atomic E-state index is 11.7. The van der Waals surface area contributed by atoms with Crippen LogP contribution in [0.3, 0.4) is 0 Å². The number of hydrogen-bond acceptors (Lipinski definition) is 3. The standard InChI is InChI=1S/C12H18N2O2/c1-4-14-12(15)10-6-5-9(13)7-11(10)16-8(2)3/h5-8H,4,13H2,1-3H3,(H,14,15). The first-order valence-electron chi connectivity index (χ1n) is 5.39. The molecule has 0 heterocycles. The van der Waals surface area contributed by atoms with E-state index in [1.165, 1.54) is 0 Å². The van der Waals surface area contributed by atoms with Crippen LogP contribution in [0.15, 0.2) is 18.2 Å². The normalized spacial score (nSPS) is 10.2. The molecule has 0 saturated carbocycles. The number of amides is 1. The van der Waals surface area contributed by atoms with Crippen molar-refractivity contribution in [1.82, 2.24) is 5.32 Å². The number of carbonyl (C=O) groups excluding carboxylic acids is 1. The van der Waals surface area contributed by atoms with Crippen molar-refractivity contribution >= 4 is 11.6 Å². The fraction of sp³-hybridized carbons (Fsp3) is 0.417. The van der Waals surface area contributed by atoms with Gasteiger partial charge in [0.15, 0.2) is 0 Å². The quantitative estimate of drug-likeness (QED) is 0.763. The van der Waals surface area contributed by atoms with Crippen LogP contribution in [0, 0.1) is 0 Å². The van der Waals surface area contributed by atoms with Crippen LogP contribution in [0.1, 0.15) is 31.1 Å².